The minimum absolute atomic E-state index is 0.122. The number of imidazole rings is 1. The third kappa shape index (κ3) is 2.34. The lowest BCUT2D eigenvalue weighted by molar-refractivity contribution is 0.162. The van der Waals surface area contributed by atoms with E-state index in [1.807, 2.05) is 0 Å². The summed E-state index contributed by atoms with van der Waals surface area (Å²) in [5.74, 6) is -0.927. The van der Waals surface area contributed by atoms with Crippen LogP contribution in [0.25, 0.3) is 0 Å². The monoisotopic (exact) mass is 238 g/mol. The Hall–Kier alpha value is -1.75. The highest BCUT2D eigenvalue weighted by Crippen LogP contribution is 2.20. The Morgan fingerprint density at radius 3 is 2.53 bits per heavy atom. The highest BCUT2D eigenvalue weighted by molar-refractivity contribution is 5.21. The van der Waals surface area contributed by atoms with Gasteiger partial charge in [-0.25, -0.2) is 13.8 Å². The lowest BCUT2D eigenvalue weighted by atomic mass is 10.1. The number of hydrogen-bond acceptors (Lipinski definition) is 2. The van der Waals surface area contributed by atoms with Gasteiger partial charge in [0.1, 0.15) is 23.6 Å². The molecule has 0 bridgehead atoms. The van der Waals surface area contributed by atoms with E-state index in [-0.39, 0.29) is 12.0 Å². The molecule has 1 unspecified atom stereocenters. The first kappa shape index (κ1) is 11.7. The lowest BCUT2D eigenvalue weighted by Crippen LogP contribution is -2.10. The predicted molar refractivity (Wildman–Crippen MR) is 58.2 cm³/mol. The summed E-state index contributed by atoms with van der Waals surface area (Å²) in [6.07, 6.45) is 2.02. The van der Waals surface area contributed by atoms with Gasteiger partial charge in [0.15, 0.2) is 0 Å². The van der Waals surface area contributed by atoms with Crippen LogP contribution in [0.3, 0.4) is 0 Å². The lowest BCUT2D eigenvalue weighted by Gasteiger charge is -2.11. The summed E-state index contributed by atoms with van der Waals surface area (Å²) in [6.45, 7) is 0. The molecule has 3 nitrogen and oxygen atoms in total. The Balaban J connectivity index is 2.25. The van der Waals surface area contributed by atoms with Crippen molar-refractivity contribution < 1.29 is 13.9 Å². The topological polar surface area (TPSA) is 38.0 Å². The average molecular weight is 238 g/mol. The maximum absolute atomic E-state index is 13.4. The van der Waals surface area contributed by atoms with Crippen molar-refractivity contribution in [3.05, 3.63) is 53.6 Å². The molecule has 0 aliphatic carbocycles. The number of aliphatic hydroxyl groups excluding tert-OH is 1. The molecule has 1 aromatic heterocycles. The van der Waals surface area contributed by atoms with E-state index < -0.39 is 17.7 Å². The van der Waals surface area contributed by atoms with Crippen LogP contribution in [0.5, 0.6) is 0 Å². The molecule has 2 aromatic rings. The van der Waals surface area contributed by atoms with Crippen LogP contribution in [0.2, 0.25) is 0 Å². The van der Waals surface area contributed by atoms with E-state index in [0.29, 0.717) is 5.82 Å². The molecule has 0 radical (unpaired) electrons. The van der Waals surface area contributed by atoms with Gasteiger partial charge in [0.2, 0.25) is 0 Å². The minimum Gasteiger partial charge on any atom is -0.385 e. The van der Waals surface area contributed by atoms with Crippen molar-refractivity contribution in [2.75, 3.05) is 0 Å². The van der Waals surface area contributed by atoms with Crippen LogP contribution in [0.1, 0.15) is 17.5 Å². The second-order valence-electron chi connectivity index (χ2n) is 3.82. The normalized spacial score (nSPS) is 12.7. The van der Waals surface area contributed by atoms with Crippen molar-refractivity contribution in [3.8, 4) is 0 Å². The Kier molecular flexibility index (Phi) is 3.19. The van der Waals surface area contributed by atoms with E-state index in [4.69, 9.17) is 0 Å². The van der Waals surface area contributed by atoms with E-state index in [1.54, 1.807) is 17.8 Å². The Bertz CT molecular complexity index is 505. The number of aliphatic hydroxyl groups is 1. The number of hydrogen-bond donors (Lipinski definition) is 1. The molecule has 5 heteroatoms. The fourth-order valence-corrected chi connectivity index (χ4v) is 1.71. The second-order valence-corrected chi connectivity index (χ2v) is 3.82. The van der Waals surface area contributed by atoms with Crippen LogP contribution in [0.4, 0.5) is 8.78 Å². The summed E-state index contributed by atoms with van der Waals surface area (Å²) in [7, 11) is 1.71. The molecule has 0 saturated carbocycles. The van der Waals surface area contributed by atoms with Crippen LogP contribution in [-0.2, 0) is 13.5 Å². The largest absolute Gasteiger partial charge is 0.385 e. The first-order valence-corrected chi connectivity index (χ1v) is 5.17. The molecule has 90 valence electrons. The molecule has 0 aliphatic heterocycles. The predicted octanol–water partition coefficient (Wildman–Crippen LogP) is 1.97. The summed E-state index contributed by atoms with van der Waals surface area (Å²) in [5.41, 5.74) is -0.122. The van der Waals surface area contributed by atoms with Crippen molar-refractivity contribution in [2.24, 2.45) is 7.05 Å². The van der Waals surface area contributed by atoms with Crippen molar-refractivity contribution in [1.29, 1.82) is 0 Å². The smallest absolute Gasteiger partial charge is 0.137 e. The molecule has 2 rings (SSSR count). The summed E-state index contributed by atoms with van der Waals surface area (Å²) < 4.78 is 28.4. The highest BCUT2D eigenvalue weighted by atomic mass is 19.1. The average Bonchev–Trinajstić information content (AvgIpc) is 2.70. The zero-order valence-electron chi connectivity index (χ0n) is 9.27. The third-order valence-corrected chi connectivity index (χ3v) is 2.62. The van der Waals surface area contributed by atoms with Gasteiger partial charge in [-0.1, -0.05) is 6.07 Å². The van der Waals surface area contributed by atoms with Crippen LogP contribution in [0, 0.1) is 11.6 Å². The molecule has 1 aromatic carbocycles. The van der Waals surface area contributed by atoms with Gasteiger partial charge in [0, 0.05) is 31.4 Å². The van der Waals surface area contributed by atoms with Crippen LogP contribution in [-0.4, -0.2) is 14.7 Å². The van der Waals surface area contributed by atoms with E-state index in [9.17, 15) is 13.9 Å². The van der Waals surface area contributed by atoms with Gasteiger partial charge in [-0.3, -0.25) is 0 Å². The molecular weight excluding hydrogens is 226 g/mol. The van der Waals surface area contributed by atoms with Gasteiger partial charge in [-0.15, -0.1) is 0 Å². The Labute approximate surface area is 97.3 Å². The van der Waals surface area contributed by atoms with Crippen molar-refractivity contribution in [1.82, 2.24) is 9.55 Å². The molecule has 0 aliphatic rings. The molecule has 1 atom stereocenters. The number of rotatable bonds is 3. The van der Waals surface area contributed by atoms with Gasteiger partial charge in [0.05, 0.1) is 0 Å². The van der Waals surface area contributed by atoms with Crippen molar-refractivity contribution >= 4 is 0 Å². The number of aryl methyl sites for hydroxylation is 1. The van der Waals surface area contributed by atoms with E-state index >= 15 is 0 Å². The van der Waals surface area contributed by atoms with E-state index in [2.05, 4.69) is 4.98 Å². The quantitative estimate of drug-likeness (QED) is 0.887. The summed E-state index contributed by atoms with van der Waals surface area (Å²) in [5, 5.41) is 9.88. The maximum Gasteiger partial charge on any atom is 0.137 e. The van der Waals surface area contributed by atoms with E-state index in [0.717, 1.165) is 0 Å². The van der Waals surface area contributed by atoms with Gasteiger partial charge in [-0.2, -0.15) is 0 Å². The van der Waals surface area contributed by atoms with Gasteiger partial charge >= 0.3 is 0 Å². The number of halogens is 2. The molecule has 0 spiro atoms. The summed E-state index contributed by atoms with van der Waals surface area (Å²) in [6, 6.07) is 3.63. The zero-order chi connectivity index (χ0) is 12.4. The molecule has 0 saturated heterocycles. The molecule has 0 fully saturated rings. The maximum atomic E-state index is 13.4. The minimum atomic E-state index is -1.03. The fourth-order valence-electron chi connectivity index (χ4n) is 1.71. The van der Waals surface area contributed by atoms with Crippen LogP contribution < -0.4 is 0 Å². The number of benzene rings is 1. The van der Waals surface area contributed by atoms with Gasteiger partial charge < -0.3 is 9.67 Å². The van der Waals surface area contributed by atoms with E-state index in [1.165, 1.54) is 24.4 Å². The summed E-state index contributed by atoms with van der Waals surface area (Å²) >= 11 is 0. The third-order valence-electron chi connectivity index (χ3n) is 2.62. The Morgan fingerprint density at radius 2 is 2.00 bits per heavy atom. The van der Waals surface area contributed by atoms with Gasteiger partial charge in [0.25, 0.3) is 0 Å². The molecule has 17 heavy (non-hydrogen) atoms. The fraction of sp³-hybridized carbons (Fsp3) is 0.250. The molecular formula is C12H12F2N2O. The van der Waals surface area contributed by atoms with Crippen LogP contribution >= 0.6 is 0 Å². The number of nitrogens with zero attached hydrogens (tertiary/aromatic N) is 2. The molecule has 0 amide bonds. The Morgan fingerprint density at radius 1 is 1.35 bits per heavy atom. The number of aromatic nitrogens is 2. The van der Waals surface area contributed by atoms with Crippen LogP contribution in [0.15, 0.2) is 30.6 Å². The first-order valence-electron chi connectivity index (χ1n) is 5.17. The first-order chi connectivity index (χ1) is 8.09. The van der Waals surface area contributed by atoms with Crippen molar-refractivity contribution in [3.63, 3.8) is 0 Å². The zero-order valence-corrected chi connectivity index (χ0v) is 9.27. The second kappa shape index (κ2) is 4.63. The van der Waals surface area contributed by atoms with Crippen molar-refractivity contribution in [2.45, 2.75) is 12.5 Å². The van der Waals surface area contributed by atoms with Gasteiger partial charge in [-0.05, 0) is 12.1 Å². The summed E-state index contributed by atoms with van der Waals surface area (Å²) in [4.78, 5) is 3.94. The standard InChI is InChI=1S/C12H12F2N2O/c1-16-6-5-15-12(16)11(17)7-8-9(13)3-2-4-10(8)14/h2-6,11,17H,7H2,1H3. The molecule has 1 heterocycles. The SMILES string of the molecule is Cn1ccnc1C(O)Cc1c(F)cccc1F. The highest BCUT2D eigenvalue weighted by Gasteiger charge is 2.17. The molecule has 1 N–H and O–H groups in total.